The zero-order chi connectivity index (χ0) is 13.1. The van der Waals surface area contributed by atoms with E-state index in [-0.39, 0.29) is 6.04 Å². The summed E-state index contributed by atoms with van der Waals surface area (Å²) in [5.74, 6) is 0. The van der Waals surface area contributed by atoms with Crippen LogP contribution >= 0.6 is 11.3 Å². The molecule has 1 atom stereocenters. The quantitative estimate of drug-likeness (QED) is 0.885. The molecule has 2 rings (SSSR count). The van der Waals surface area contributed by atoms with Gasteiger partial charge in [0.05, 0.1) is 17.4 Å². The van der Waals surface area contributed by atoms with Gasteiger partial charge in [-0.2, -0.15) is 5.10 Å². The minimum absolute atomic E-state index is 0.00284. The fraction of sp³-hybridized carbons (Fsp3) is 0.500. The fourth-order valence-corrected chi connectivity index (χ4v) is 2.72. The van der Waals surface area contributed by atoms with E-state index < -0.39 is 0 Å². The van der Waals surface area contributed by atoms with E-state index in [2.05, 4.69) is 22.0 Å². The monoisotopic (exact) mass is 265 g/mol. The Morgan fingerprint density at radius 1 is 1.56 bits per heavy atom. The number of hydrogen-bond acceptors (Lipinski definition) is 5. The number of nitrogens with zero attached hydrogens (tertiary/aromatic N) is 4. The van der Waals surface area contributed by atoms with Gasteiger partial charge in [0.2, 0.25) is 0 Å². The van der Waals surface area contributed by atoms with Crippen LogP contribution in [-0.4, -0.2) is 33.3 Å². The van der Waals surface area contributed by atoms with Gasteiger partial charge >= 0.3 is 0 Å². The summed E-state index contributed by atoms with van der Waals surface area (Å²) in [5.41, 5.74) is 10.2. The van der Waals surface area contributed by atoms with E-state index in [0.29, 0.717) is 0 Å². The molecule has 6 heteroatoms. The van der Waals surface area contributed by atoms with E-state index in [1.165, 1.54) is 4.88 Å². The van der Waals surface area contributed by atoms with Gasteiger partial charge in [-0.3, -0.25) is 9.58 Å². The van der Waals surface area contributed by atoms with Gasteiger partial charge in [0.1, 0.15) is 0 Å². The Balaban J connectivity index is 1.91. The van der Waals surface area contributed by atoms with E-state index in [4.69, 9.17) is 5.73 Å². The van der Waals surface area contributed by atoms with Crippen molar-refractivity contribution in [1.82, 2.24) is 19.7 Å². The molecule has 0 bridgehead atoms. The molecule has 0 aromatic carbocycles. The molecular formula is C12H19N5S. The molecule has 0 fully saturated rings. The number of nitrogens with two attached hydrogens (primary N) is 1. The van der Waals surface area contributed by atoms with Crippen LogP contribution in [0.1, 0.15) is 22.2 Å². The predicted octanol–water partition coefficient (Wildman–Crippen LogP) is 1.32. The van der Waals surface area contributed by atoms with Crippen molar-refractivity contribution in [1.29, 1.82) is 0 Å². The Morgan fingerprint density at radius 3 is 2.89 bits per heavy atom. The van der Waals surface area contributed by atoms with Crippen molar-refractivity contribution >= 4 is 11.3 Å². The lowest BCUT2D eigenvalue weighted by Crippen LogP contribution is -2.28. The Bertz CT molecular complexity index is 504. The van der Waals surface area contributed by atoms with Crippen LogP contribution in [0.4, 0.5) is 0 Å². The standard InChI is InChI=1S/C12H19N5S/c1-9-12(18-8-14-9)7-16(2)6-11(13)10-4-15-17(3)5-10/h4-5,8,11H,6-7,13H2,1-3H3. The van der Waals surface area contributed by atoms with E-state index in [9.17, 15) is 0 Å². The van der Waals surface area contributed by atoms with Crippen LogP contribution in [0.5, 0.6) is 0 Å². The minimum atomic E-state index is -0.00284. The van der Waals surface area contributed by atoms with E-state index >= 15 is 0 Å². The molecule has 2 aromatic heterocycles. The molecule has 0 radical (unpaired) electrons. The van der Waals surface area contributed by atoms with E-state index in [1.807, 2.05) is 31.9 Å². The SMILES string of the molecule is Cc1ncsc1CN(C)CC(N)c1cnn(C)c1. The second-order valence-electron chi connectivity index (χ2n) is 4.61. The summed E-state index contributed by atoms with van der Waals surface area (Å²) in [6.07, 6.45) is 3.80. The Labute approximate surface area is 111 Å². The maximum Gasteiger partial charge on any atom is 0.0798 e. The van der Waals surface area contributed by atoms with E-state index in [0.717, 1.165) is 24.3 Å². The molecule has 0 saturated carbocycles. The maximum atomic E-state index is 6.17. The lowest BCUT2D eigenvalue weighted by molar-refractivity contribution is 0.307. The van der Waals surface area contributed by atoms with Gasteiger partial charge in [-0.15, -0.1) is 11.3 Å². The molecule has 2 N–H and O–H groups in total. The van der Waals surface area contributed by atoms with E-state index in [1.54, 1.807) is 16.0 Å². The highest BCUT2D eigenvalue weighted by atomic mass is 32.1. The number of likely N-dealkylation sites (N-methyl/N-ethyl adjacent to an activating group) is 1. The largest absolute Gasteiger partial charge is 0.323 e. The van der Waals surface area contributed by atoms with Crippen molar-refractivity contribution in [2.45, 2.75) is 19.5 Å². The predicted molar refractivity (Wildman–Crippen MR) is 73.3 cm³/mol. The van der Waals surface area contributed by atoms with Gasteiger partial charge in [0, 0.05) is 42.8 Å². The zero-order valence-electron chi connectivity index (χ0n) is 11.0. The second-order valence-corrected chi connectivity index (χ2v) is 5.55. The maximum absolute atomic E-state index is 6.17. The van der Waals surface area contributed by atoms with Crippen molar-refractivity contribution < 1.29 is 0 Å². The van der Waals surface area contributed by atoms with Gasteiger partial charge in [0.25, 0.3) is 0 Å². The highest BCUT2D eigenvalue weighted by Gasteiger charge is 2.12. The summed E-state index contributed by atoms with van der Waals surface area (Å²) in [6.45, 7) is 3.74. The fourth-order valence-electron chi connectivity index (χ4n) is 1.86. The lowest BCUT2D eigenvalue weighted by atomic mass is 10.1. The van der Waals surface area contributed by atoms with Crippen LogP contribution in [0, 0.1) is 6.92 Å². The summed E-state index contributed by atoms with van der Waals surface area (Å²) >= 11 is 1.69. The lowest BCUT2D eigenvalue weighted by Gasteiger charge is -2.20. The third-order valence-electron chi connectivity index (χ3n) is 2.92. The van der Waals surface area contributed by atoms with Gasteiger partial charge < -0.3 is 5.73 Å². The Hall–Kier alpha value is -1.24. The number of aromatic nitrogens is 3. The van der Waals surface area contributed by atoms with Crippen molar-refractivity contribution in [2.24, 2.45) is 12.8 Å². The first-order valence-electron chi connectivity index (χ1n) is 5.88. The van der Waals surface area contributed by atoms with Crippen molar-refractivity contribution in [3.63, 3.8) is 0 Å². The molecule has 0 aliphatic rings. The van der Waals surface area contributed by atoms with Crippen LogP contribution < -0.4 is 5.73 Å². The van der Waals surface area contributed by atoms with Crippen LogP contribution in [-0.2, 0) is 13.6 Å². The third kappa shape index (κ3) is 3.16. The van der Waals surface area contributed by atoms with Crippen molar-refractivity contribution in [3.8, 4) is 0 Å². The molecular weight excluding hydrogens is 246 g/mol. The normalized spacial score (nSPS) is 13.2. The summed E-state index contributed by atoms with van der Waals surface area (Å²) in [4.78, 5) is 7.78. The average molecular weight is 265 g/mol. The zero-order valence-corrected chi connectivity index (χ0v) is 11.8. The van der Waals surface area contributed by atoms with Gasteiger partial charge in [-0.1, -0.05) is 0 Å². The summed E-state index contributed by atoms with van der Waals surface area (Å²) in [6, 6.07) is -0.00284. The first kappa shape index (κ1) is 13.2. The van der Waals surface area contributed by atoms with Gasteiger partial charge in [0.15, 0.2) is 0 Å². The molecule has 2 aromatic rings. The van der Waals surface area contributed by atoms with Crippen LogP contribution in [0.15, 0.2) is 17.9 Å². The highest BCUT2D eigenvalue weighted by Crippen LogP contribution is 2.16. The molecule has 0 saturated heterocycles. The first-order valence-corrected chi connectivity index (χ1v) is 6.76. The third-order valence-corrected chi connectivity index (χ3v) is 3.84. The molecule has 1 unspecified atom stereocenters. The summed E-state index contributed by atoms with van der Waals surface area (Å²) in [7, 11) is 3.98. The Kier molecular flexibility index (Phi) is 4.11. The van der Waals surface area contributed by atoms with Crippen molar-refractivity contribution in [2.75, 3.05) is 13.6 Å². The summed E-state index contributed by atoms with van der Waals surface area (Å²) in [5, 5.41) is 4.15. The van der Waals surface area contributed by atoms with Crippen LogP contribution in [0.3, 0.4) is 0 Å². The molecule has 5 nitrogen and oxygen atoms in total. The van der Waals surface area contributed by atoms with Crippen molar-refractivity contribution in [3.05, 3.63) is 34.0 Å². The highest BCUT2D eigenvalue weighted by molar-refractivity contribution is 7.09. The number of hydrogen-bond donors (Lipinski definition) is 1. The van der Waals surface area contributed by atoms with Gasteiger partial charge in [-0.25, -0.2) is 4.98 Å². The molecule has 18 heavy (non-hydrogen) atoms. The number of thiazole rings is 1. The number of rotatable bonds is 5. The number of aryl methyl sites for hydroxylation is 2. The average Bonchev–Trinajstić information content (AvgIpc) is 2.89. The molecule has 98 valence electrons. The Morgan fingerprint density at radius 2 is 2.33 bits per heavy atom. The first-order chi connectivity index (χ1) is 8.56. The topological polar surface area (TPSA) is 60.0 Å². The van der Waals surface area contributed by atoms with Crippen LogP contribution in [0.2, 0.25) is 0 Å². The molecule has 0 spiro atoms. The van der Waals surface area contributed by atoms with Gasteiger partial charge in [-0.05, 0) is 14.0 Å². The minimum Gasteiger partial charge on any atom is -0.323 e. The molecule has 0 aliphatic carbocycles. The molecule has 2 heterocycles. The summed E-state index contributed by atoms with van der Waals surface area (Å²) < 4.78 is 1.78. The molecule has 0 aliphatic heterocycles. The van der Waals surface area contributed by atoms with Crippen LogP contribution in [0.25, 0.3) is 0 Å². The second kappa shape index (κ2) is 5.60. The molecule has 0 amide bonds. The smallest absolute Gasteiger partial charge is 0.0798 e.